The van der Waals surface area contributed by atoms with Gasteiger partial charge < -0.3 is 14.6 Å². The molecule has 2 aromatic carbocycles. The topological polar surface area (TPSA) is 50.7 Å². The molecule has 1 unspecified atom stereocenters. The van der Waals surface area contributed by atoms with Gasteiger partial charge in [-0.25, -0.2) is 0 Å². The van der Waals surface area contributed by atoms with Gasteiger partial charge in [-0.15, -0.1) is 0 Å². The molecule has 0 aromatic heterocycles. The molecule has 2 N–H and O–H groups in total. The van der Waals surface area contributed by atoms with E-state index in [2.05, 4.69) is 37.4 Å². The Bertz CT molecular complexity index is 710. The van der Waals surface area contributed by atoms with Crippen LogP contribution in [-0.4, -0.2) is 23.5 Å². The molecule has 3 rings (SSSR count). The van der Waals surface area contributed by atoms with Crippen molar-refractivity contribution in [1.29, 1.82) is 0 Å². The predicted molar refractivity (Wildman–Crippen MR) is 104 cm³/mol. The van der Waals surface area contributed by atoms with E-state index in [1.54, 1.807) is 24.3 Å². The summed E-state index contributed by atoms with van der Waals surface area (Å²) in [5.41, 5.74) is 1.19. The molecule has 2 aromatic rings. The Morgan fingerprint density at radius 1 is 1.15 bits per heavy atom. The van der Waals surface area contributed by atoms with Gasteiger partial charge in [0.2, 0.25) is 0 Å². The standard InChI is InChI=1S/C22H29NO3/c1-4-22(5-2)14-17(20-8-6-7-9-21(20)26-22)15-23-16(3)25-19-12-10-18(24)11-13-19/h6-13,16-17,23-24H,4-5,14-15H2,1-3H3/t16?,17-/m0/s1. The maximum atomic E-state index is 9.37. The minimum Gasteiger partial charge on any atom is -0.508 e. The fourth-order valence-corrected chi connectivity index (χ4v) is 3.69. The first-order chi connectivity index (χ1) is 12.5. The second-order valence-corrected chi connectivity index (χ2v) is 7.09. The van der Waals surface area contributed by atoms with Crippen LogP contribution >= 0.6 is 0 Å². The van der Waals surface area contributed by atoms with Gasteiger partial charge in [0.15, 0.2) is 0 Å². The molecular formula is C22H29NO3. The summed E-state index contributed by atoms with van der Waals surface area (Å²) in [5.74, 6) is 2.39. The van der Waals surface area contributed by atoms with E-state index in [0.29, 0.717) is 5.92 Å². The van der Waals surface area contributed by atoms with Crippen molar-refractivity contribution in [3.8, 4) is 17.2 Å². The van der Waals surface area contributed by atoms with Gasteiger partial charge in [-0.2, -0.15) is 0 Å². The number of ether oxygens (including phenoxy) is 2. The fraction of sp³-hybridized carbons (Fsp3) is 0.455. The van der Waals surface area contributed by atoms with Crippen molar-refractivity contribution < 1.29 is 14.6 Å². The lowest BCUT2D eigenvalue weighted by Crippen LogP contribution is -2.43. The molecular weight excluding hydrogens is 326 g/mol. The average molecular weight is 355 g/mol. The van der Waals surface area contributed by atoms with Crippen LogP contribution in [0.1, 0.15) is 51.5 Å². The Balaban J connectivity index is 1.67. The number of aromatic hydroxyl groups is 1. The summed E-state index contributed by atoms with van der Waals surface area (Å²) in [6, 6.07) is 15.2. The summed E-state index contributed by atoms with van der Waals surface area (Å²) in [6.45, 7) is 7.25. The van der Waals surface area contributed by atoms with E-state index >= 15 is 0 Å². The first-order valence-corrected chi connectivity index (χ1v) is 9.52. The maximum Gasteiger partial charge on any atom is 0.147 e. The van der Waals surface area contributed by atoms with Gasteiger partial charge in [0, 0.05) is 12.5 Å². The lowest BCUT2D eigenvalue weighted by molar-refractivity contribution is 0.0257. The SMILES string of the molecule is CCC1(CC)C[C@@H](CNC(C)Oc2ccc(O)cc2)c2ccccc2O1. The van der Waals surface area contributed by atoms with Crippen LogP contribution in [0.5, 0.6) is 17.2 Å². The maximum absolute atomic E-state index is 9.37. The van der Waals surface area contributed by atoms with Gasteiger partial charge in [-0.3, -0.25) is 5.32 Å². The molecule has 0 fully saturated rings. The van der Waals surface area contributed by atoms with Crippen molar-refractivity contribution in [1.82, 2.24) is 5.32 Å². The van der Waals surface area contributed by atoms with Crippen LogP contribution in [0, 0.1) is 0 Å². The highest BCUT2D eigenvalue weighted by Crippen LogP contribution is 2.43. The zero-order chi connectivity index (χ0) is 18.6. The van der Waals surface area contributed by atoms with Crippen molar-refractivity contribution in [3.05, 3.63) is 54.1 Å². The van der Waals surface area contributed by atoms with Crippen molar-refractivity contribution >= 4 is 0 Å². The second kappa shape index (κ2) is 8.00. The van der Waals surface area contributed by atoms with Crippen LogP contribution in [0.4, 0.5) is 0 Å². The van der Waals surface area contributed by atoms with E-state index in [-0.39, 0.29) is 17.6 Å². The van der Waals surface area contributed by atoms with Crippen molar-refractivity contribution in [2.24, 2.45) is 0 Å². The number of nitrogens with one attached hydrogen (secondary N) is 1. The number of phenolic OH excluding ortho intramolecular Hbond substituents is 1. The molecule has 1 aliphatic rings. The number of phenols is 1. The quantitative estimate of drug-likeness (QED) is 0.698. The van der Waals surface area contributed by atoms with Crippen LogP contribution in [0.2, 0.25) is 0 Å². The van der Waals surface area contributed by atoms with Gasteiger partial charge in [0.05, 0.1) is 0 Å². The Morgan fingerprint density at radius 2 is 1.85 bits per heavy atom. The number of hydrogen-bond acceptors (Lipinski definition) is 4. The molecule has 0 amide bonds. The highest BCUT2D eigenvalue weighted by Gasteiger charge is 2.38. The summed E-state index contributed by atoms with van der Waals surface area (Å²) in [7, 11) is 0. The molecule has 4 heteroatoms. The summed E-state index contributed by atoms with van der Waals surface area (Å²) >= 11 is 0. The first kappa shape index (κ1) is 18.6. The van der Waals surface area contributed by atoms with Crippen molar-refractivity contribution in [2.45, 2.75) is 57.8 Å². The summed E-state index contributed by atoms with van der Waals surface area (Å²) in [5, 5.41) is 12.9. The van der Waals surface area contributed by atoms with E-state index in [1.165, 1.54) is 5.56 Å². The molecule has 2 atom stereocenters. The minimum atomic E-state index is -0.118. The van der Waals surface area contributed by atoms with Crippen LogP contribution in [0.25, 0.3) is 0 Å². The molecule has 4 nitrogen and oxygen atoms in total. The normalized spacial score (nSPS) is 19.3. The Morgan fingerprint density at radius 3 is 2.54 bits per heavy atom. The number of rotatable bonds is 7. The molecule has 0 bridgehead atoms. The summed E-state index contributed by atoms with van der Waals surface area (Å²) < 4.78 is 12.3. The predicted octanol–water partition coefficient (Wildman–Crippen LogP) is 4.83. The number of hydrogen-bond donors (Lipinski definition) is 2. The third-order valence-electron chi connectivity index (χ3n) is 5.39. The van der Waals surface area contributed by atoms with E-state index < -0.39 is 0 Å². The second-order valence-electron chi connectivity index (χ2n) is 7.09. The number of para-hydroxylation sites is 1. The van der Waals surface area contributed by atoms with Crippen LogP contribution < -0.4 is 14.8 Å². The Kier molecular flexibility index (Phi) is 5.72. The highest BCUT2D eigenvalue weighted by atomic mass is 16.5. The van der Waals surface area contributed by atoms with E-state index in [4.69, 9.17) is 9.47 Å². The highest BCUT2D eigenvalue weighted by molar-refractivity contribution is 5.39. The fourth-order valence-electron chi connectivity index (χ4n) is 3.69. The number of fused-ring (bicyclic) bond motifs is 1. The molecule has 0 saturated heterocycles. The Labute approximate surface area is 156 Å². The molecule has 1 aliphatic heterocycles. The molecule has 0 saturated carbocycles. The van der Waals surface area contributed by atoms with Crippen molar-refractivity contribution in [3.63, 3.8) is 0 Å². The van der Waals surface area contributed by atoms with Crippen molar-refractivity contribution in [2.75, 3.05) is 6.54 Å². The van der Waals surface area contributed by atoms with Gasteiger partial charge in [0.25, 0.3) is 0 Å². The largest absolute Gasteiger partial charge is 0.508 e. The first-order valence-electron chi connectivity index (χ1n) is 9.52. The summed E-state index contributed by atoms with van der Waals surface area (Å²) in [6.07, 6.45) is 2.91. The van der Waals surface area contributed by atoms with E-state index in [9.17, 15) is 5.11 Å². The lowest BCUT2D eigenvalue weighted by atomic mass is 9.79. The average Bonchev–Trinajstić information content (AvgIpc) is 2.67. The monoisotopic (exact) mass is 355 g/mol. The molecule has 0 aliphatic carbocycles. The van der Waals surface area contributed by atoms with Gasteiger partial charge in [0.1, 0.15) is 29.1 Å². The van der Waals surface area contributed by atoms with E-state index in [0.717, 1.165) is 37.3 Å². The molecule has 140 valence electrons. The smallest absolute Gasteiger partial charge is 0.147 e. The number of benzene rings is 2. The zero-order valence-electron chi connectivity index (χ0n) is 15.9. The molecule has 0 radical (unpaired) electrons. The molecule has 1 heterocycles. The molecule has 0 spiro atoms. The van der Waals surface area contributed by atoms with Crippen LogP contribution in [0.15, 0.2) is 48.5 Å². The lowest BCUT2D eigenvalue weighted by Gasteiger charge is -2.42. The minimum absolute atomic E-state index is 0.0816. The van der Waals surface area contributed by atoms with Crippen LogP contribution in [-0.2, 0) is 0 Å². The summed E-state index contributed by atoms with van der Waals surface area (Å²) in [4.78, 5) is 0. The van der Waals surface area contributed by atoms with Crippen LogP contribution in [0.3, 0.4) is 0 Å². The third kappa shape index (κ3) is 4.13. The van der Waals surface area contributed by atoms with Gasteiger partial charge >= 0.3 is 0 Å². The van der Waals surface area contributed by atoms with Gasteiger partial charge in [-0.05, 0) is 62.1 Å². The zero-order valence-corrected chi connectivity index (χ0v) is 15.9. The molecule has 26 heavy (non-hydrogen) atoms. The van der Waals surface area contributed by atoms with E-state index in [1.807, 2.05) is 13.0 Å². The van der Waals surface area contributed by atoms with Gasteiger partial charge in [-0.1, -0.05) is 32.0 Å². The third-order valence-corrected chi connectivity index (χ3v) is 5.39. The Hall–Kier alpha value is -2.20.